The lowest BCUT2D eigenvalue weighted by Gasteiger charge is -2.33. The number of hydrogen-bond donors (Lipinski definition) is 3. The number of halogens is 2. The highest BCUT2D eigenvalue weighted by atomic mass is 19.2. The van der Waals surface area contributed by atoms with Crippen LogP contribution in [0.25, 0.3) is 0 Å². The van der Waals surface area contributed by atoms with Gasteiger partial charge in [0, 0.05) is 0 Å². The summed E-state index contributed by atoms with van der Waals surface area (Å²) in [5, 5.41) is 12.1. The number of carbonyl (C=O) groups is 3. The summed E-state index contributed by atoms with van der Waals surface area (Å²) < 4.78 is 38.3. The van der Waals surface area contributed by atoms with E-state index < -0.39 is 58.7 Å². The smallest absolute Gasteiger partial charge is 0.409 e. The van der Waals surface area contributed by atoms with Gasteiger partial charge in [0.2, 0.25) is 5.54 Å². The molecule has 0 aromatic heterocycles. The average molecular weight is 459 g/mol. The molecule has 1 rings (SSSR count). The van der Waals surface area contributed by atoms with Crippen molar-refractivity contribution in [3.63, 3.8) is 0 Å². The Morgan fingerprint density at radius 3 is 2.09 bits per heavy atom. The molecule has 1 aromatic carbocycles. The van der Waals surface area contributed by atoms with E-state index in [1.807, 2.05) is 0 Å². The lowest BCUT2D eigenvalue weighted by Crippen LogP contribution is -2.62. The maximum absolute atomic E-state index is 14.3. The molecule has 0 spiro atoms. The number of carboxylic acids is 1. The Hall–Kier alpha value is -2.75. The summed E-state index contributed by atoms with van der Waals surface area (Å²) in [4.78, 5) is 37.6. The molecule has 0 aliphatic rings. The van der Waals surface area contributed by atoms with E-state index in [1.54, 1.807) is 20.8 Å². The van der Waals surface area contributed by atoms with Gasteiger partial charge in [-0.1, -0.05) is 12.1 Å². The maximum Gasteiger partial charge on any atom is 0.409 e. The molecule has 32 heavy (non-hydrogen) atoms. The van der Waals surface area contributed by atoms with Crippen molar-refractivity contribution in [2.75, 3.05) is 6.54 Å². The number of esters is 1. The molecule has 1 amide bonds. The van der Waals surface area contributed by atoms with Gasteiger partial charge in [-0.15, -0.1) is 0 Å². The van der Waals surface area contributed by atoms with E-state index in [0.29, 0.717) is 0 Å². The van der Waals surface area contributed by atoms with Gasteiger partial charge in [-0.05, 0) is 78.5 Å². The zero-order chi connectivity index (χ0) is 24.9. The van der Waals surface area contributed by atoms with Gasteiger partial charge in [0.05, 0.1) is 0 Å². The first-order valence-corrected chi connectivity index (χ1v) is 10.1. The highest BCUT2D eigenvalue weighted by Crippen LogP contribution is 2.29. The second-order valence-electron chi connectivity index (χ2n) is 9.45. The molecule has 8 nitrogen and oxygen atoms in total. The molecular formula is C22H32F2N2O6. The third-order valence-electron chi connectivity index (χ3n) is 4.40. The molecule has 0 aliphatic heterocycles. The summed E-state index contributed by atoms with van der Waals surface area (Å²) in [5.41, 5.74) is 1.10. The second-order valence-corrected chi connectivity index (χ2v) is 9.45. The first-order chi connectivity index (χ1) is 14.5. The fourth-order valence-corrected chi connectivity index (χ4v) is 2.93. The number of amides is 1. The molecular weight excluding hydrogens is 426 g/mol. The molecule has 10 heteroatoms. The Bertz CT molecular complexity index is 848. The molecule has 0 unspecified atom stereocenters. The largest absolute Gasteiger partial charge is 0.479 e. The summed E-state index contributed by atoms with van der Waals surface area (Å²) >= 11 is 0. The van der Waals surface area contributed by atoms with Gasteiger partial charge >= 0.3 is 18.0 Å². The number of hydrogen-bond acceptors (Lipinski definition) is 6. The van der Waals surface area contributed by atoms with Crippen LogP contribution in [0.15, 0.2) is 18.2 Å². The predicted molar refractivity (Wildman–Crippen MR) is 113 cm³/mol. The van der Waals surface area contributed by atoms with Crippen molar-refractivity contribution < 1.29 is 37.7 Å². The number of nitrogens with two attached hydrogens (primary N) is 1. The summed E-state index contributed by atoms with van der Waals surface area (Å²) in [6, 6.07) is 3.57. The number of alkyl carbamates (subject to hydrolysis) is 1. The minimum absolute atomic E-state index is 0.0618. The molecule has 0 aliphatic carbocycles. The van der Waals surface area contributed by atoms with E-state index in [1.165, 1.54) is 32.9 Å². The standard InChI is InChI=1S/C22H32F2N2O6/c1-20(2,3)31-18(29)22(17(27)28,26-19(30)32-21(4,5)6)11-10-13(12-25)14-8-7-9-15(23)16(14)24/h7-9,13H,10-12,25H2,1-6H3,(H,26,30)(H,27,28)/t13-,22-/m1/s1. The fourth-order valence-electron chi connectivity index (χ4n) is 2.93. The Morgan fingerprint density at radius 2 is 1.62 bits per heavy atom. The van der Waals surface area contributed by atoms with E-state index in [-0.39, 0.29) is 18.5 Å². The monoisotopic (exact) mass is 458 g/mol. The number of benzene rings is 1. The first-order valence-electron chi connectivity index (χ1n) is 10.1. The minimum atomic E-state index is -2.53. The number of ether oxygens (including phenoxy) is 2. The van der Waals surface area contributed by atoms with Crippen LogP contribution in [0.1, 0.15) is 65.9 Å². The van der Waals surface area contributed by atoms with E-state index in [4.69, 9.17) is 15.2 Å². The van der Waals surface area contributed by atoms with Gasteiger partial charge in [0.1, 0.15) is 11.2 Å². The summed E-state index contributed by atoms with van der Waals surface area (Å²) in [7, 11) is 0. The van der Waals surface area contributed by atoms with Crippen molar-refractivity contribution in [2.24, 2.45) is 5.73 Å². The van der Waals surface area contributed by atoms with E-state index in [9.17, 15) is 28.3 Å². The highest BCUT2D eigenvalue weighted by molar-refractivity contribution is 6.06. The number of nitrogens with one attached hydrogen (secondary N) is 1. The van der Waals surface area contributed by atoms with Crippen LogP contribution in [0.2, 0.25) is 0 Å². The average Bonchev–Trinajstić information content (AvgIpc) is 2.61. The second kappa shape index (κ2) is 10.2. The highest BCUT2D eigenvalue weighted by Gasteiger charge is 2.51. The van der Waals surface area contributed by atoms with Crippen molar-refractivity contribution in [2.45, 2.75) is 77.0 Å². The van der Waals surface area contributed by atoms with E-state index >= 15 is 0 Å². The predicted octanol–water partition coefficient (Wildman–Crippen LogP) is 3.48. The van der Waals surface area contributed by atoms with Crippen molar-refractivity contribution in [3.8, 4) is 0 Å². The molecule has 1 aromatic rings. The Kier molecular flexibility index (Phi) is 8.74. The van der Waals surface area contributed by atoms with Crippen LogP contribution in [0.5, 0.6) is 0 Å². The molecule has 0 fully saturated rings. The van der Waals surface area contributed by atoms with E-state index in [2.05, 4.69) is 5.32 Å². The van der Waals surface area contributed by atoms with Gasteiger partial charge in [-0.25, -0.2) is 23.2 Å². The molecule has 0 radical (unpaired) electrons. The van der Waals surface area contributed by atoms with Crippen LogP contribution in [0.3, 0.4) is 0 Å². The van der Waals surface area contributed by atoms with Gasteiger partial charge in [-0.2, -0.15) is 0 Å². The number of carboxylic acid groups (broad SMARTS) is 1. The third kappa shape index (κ3) is 7.44. The van der Waals surface area contributed by atoms with Crippen LogP contribution in [-0.4, -0.2) is 46.4 Å². The molecule has 4 N–H and O–H groups in total. The number of carbonyl (C=O) groups excluding carboxylic acids is 2. The lowest BCUT2D eigenvalue weighted by atomic mass is 9.85. The Morgan fingerprint density at radius 1 is 1.06 bits per heavy atom. The van der Waals surface area contributed by atoms with Crippen LogP contribution in [0.4, 0.5) is 13.6 Å². The zero-order valence-corrected chi connectivity index (χ0v) is 19.3. The van der Waals surface area contributed by atoms with Crippen molar-refractivity contribution in [1.29, 1.82) is 0 Å². The van der Waals surface area contributed by atoms with Crippen LogP contribution in [-0.2, 0) is 19.1 Å². The van der Waals surface area contributed by atoms with Gasteiger partial charge in [0.25, 0.3) is 0 Å². The molecule has 0 bridgehead atoms. The van der Waals surface area contributed by atoms with Crippen LogP contribution < -0.4 is 11.1 Å². The van der Waals surface area contributed by atoms with Crippen molar-refractivity contribution in [1.82, 2.24) is 5.32 Å². The number of rotatable bonds is 8. The zero-order valence-electron chi connectivity index (χ0n) is 19.3. The molecule has 0 saturated carbocycles. The molecule has 180 valence electrons. The van der Waals surface area contributed by atoms with Gasteiger partial charge < -0.3 is 20.3 Å². The van der Waals surface area contributed by atoms with Crippen LogP contribution in [0, 0.1) is 11.6 Å². The topological polar surface area (TPSA) is 128 Å². The summed E-state index contributed by atoms with van der Waals surface area (Å²) in [5.74, 6) is -5.93. The summed E-state index contributed by atoms with van der Waals surface area (Å²) in [6.45, 7) is 9.16. The van der Waals surface area contributed by atoms with E-state index in [0.717, 1.165) is 6.07 Å². The Balaban J connectivity index is 3.33. The molecule has 2 atom stereocenters. The number of aliphatic carboxylic acids is 1. The fraction of sp³-hybridized carbons (Fsp3) is 0.591. The minimum Gasteiger partial charge on any atom is -0.479 e. The first kappa shape index (κ1) is 27.3. The van der Waals surface area contributed by atoms with Crippen molar-refractivity contribution in [3.05, 3.63) is 35.4 Å². The van der Waals surface area contributed by atoms with Gasteiger partial charge in [0.15, 0.2) is 11.6 Å². The Labute approximate surface area is 186 Å². The molecule has 0 heterocycles. The quantitative estimate of drug-likeness (QED) is 0.402. The van der Waals surface area contributed by atoms with Gasteiger partial charge in [-0.3, -0.25) is 5.32 Å². The third-order valence-corrected chi connectivity index (χ3v) is 4.40. The summed E-state index contributed by atoms with van der Waals surface area (Å²) in [6.07, 6.45) is -1.82. The molecule has 0 saturated heterocycles. The van der Waals surface area contributed by atoms with Crippen molar-refractivity contribution >= 4 is 18.0 Å². The SMILES string of the molecule is CC(C)(C)OC(=O)N[C@](CC[C@H](CN)c1cccc(F)c1F)(C(=O)O)C(=O)OC(C)(C)C. The maximum atomic E-state index is 14.3. The normalized spacial score (nSPS) is 14.8. The van der Waals surface area contributed by atoms with Crippen LogP contribution >= 0.6 is 0 Å². The lowest BCUT2D eigenvalue weighted by molar-refractivity contribution is -0.171.